The van der Waals surface area contributed by atoms with E-state index in [1.54, 1.807) is 0 Å². The van der Waals surface area contributed by atoms with Crippen molar-refractivity contribution in [2.75, 3.05) is 26.2 Å². The molecule has 4 nitrogen and oxygen atoms in total. The highest BCUT2D eigenvalue weighted by Gasteiger charge is 2.68. The molecule has 18 heavy (non-hydrogen) atoms. The van der Waals surface area contributed by atoms with E-state index < -0.39 is 0 Å². The van der Waals surface area contributed by atoms with Gasteiger partial charge >= 0.3 is 0 Å². The van der Waals surface area contributed by atoms with Gasteiger partial charge in [-0.1, -0.05) is 0 Å². The fourth-order valence-electron chi connectivity index (χ4n) is 4.93. The first-order valence-electron chi connectivity index (χ1n) is 7.40. The van der Waals surface area contributed by atoms with E-state index in [9.17, 15) is 4.79 Å². The number of ether oxygens (including phenoxy) is 1. The number of carbonyl (C=O) groups excluding carboxylic acids is 1. The van der Waals surface area contributed by atoms with E-state index >= 15 is 0 Å². The summed E-state index contributed by atoms with van der Waals surface area (Å²) < 4.78 is 5.54. The lowest BCUT2D eigenvalue weighted by atomic mass is 10.0. The fraction of sp³-hybridized carbons (Fsp3) is 0.929. The van der Waals surface area contributed by atoms with Crippen LogP contribution in [-0.4, -0.2) is 43.2 Å². The Morgan fingerprint density at radius 3 is 2.67 bits per heavy atom. The second-order valence-electron chi connectivity index (χ2n) is 6.53. The maximum absolute atomic E-state index is 12.6. The van der Waals surface area contributed by atoms with Gasteiger partial charge in [-0.25, -0.2) is 0 Å². The summed E-state index contributed by atoms with van der Waals surface area (Å²) in [5, 5.41) is 0. The van der Waals surface area contributed by atoms with Crippen molar-refractivity contribution in [2.45, 2.75) is 25.4 Å². The molecule has 0 aromatic rings. The Hall–Kier alpha value is -0.610. The van der Waals surface area contributed by atoms with E-state index in [2.05, 4.69) is 0 Å². The zero-order valence-corrected chi connectivity index (χ0v) is 10.8. The summed E-state index contributed by atoms with van der Waals surface area (Å²) in [6.07, 6.45) is 4.22. The van der Waals surface area contributed by atoms with Crippen LogP contribution in [0, 0.1) is 29.6 Å². The molecule has 1 amide bonds. The molecule has 4 heteroatoms. The predicted molar refractivity (Wildman–Crippen MR) is 66.7 cm³/mol. The van der Waals surface area contributed by atoms with Crippen LogP contribution in [0.1, 0.15) is 19.3 Å². The third-order valence-electron chi connectivity index (χ3n) is 5.73. The molecule has 4 rings (SSSR count). The molecule has 0 spiro atoms. The van der Waals surface area contributed by atoms with Crippen LogP contribution in [0.5, 0.6) is 0 Å². The first-order valence-corrected chi connectivity index (χ1v) is 7.40. The summed E-state index contributed by atoms with van der Waals surface area (Å²) in [6.45, 7) is 2.65. The number of carbonyl (C=O) groups is 1. The van der Waals surface area contributed by atoms with E-state index in [4.69, 9.17) is 10.5 Å². The Kier molecular flexibility index (Phi) is 2.46. The Balaban J connectivity index is 1.42. The molecule has 1 aliphatic heterocycles. The Morgan fingerprint density at radius 2 is 2.00 bits per heavy atom. The van der Waals surface area contributed by atoms with Gasteiger partial charge in [0.15, 0.2) is 0 Å². The molecule has 5 atom stereocenters. The van der Waals surface area contributed by atoms with E-state index in [0.29, 0.717) is 31.5 Å². The van der Waals surface area contributed by atoms with E-state index in [0.717, 1.165) is 30.2 Å². The molecule has 1 saturated heterocycles. The number of rotatable bonds is 2. The summed E-state index contributed by atoms with van der Waals surface area (Å²) in [7, 11) is 0. The van der Waals surface area contributed by atoms with Crippen molar-refractivity contribution in [3.05, 3.63) is 0 Å². The lowest BCUT2D eigenvalue weighted by Gasteiger charge is -2.33. The molecule has 2 bridgehead atoms. The van der Waals surface area contributed by atoms with Crippen LogP contribution in [0.4, 0.5) is 0 Å². The second-order valence-corrected chi connectivity index (χ2v) is 6.53. The highest BCUT2D eigenvalue weighted by Crippen LogP contribution is 2.69. The van der Waals surface area contributed by atoms with Crippen molar-refractivity contribution in [3.8, 4) is 0 Å². The monoisotopic (exact) mass is 250 g/mol. The highest BCUT2D eigenvalue weighted by molar-refractivity contribution is 5.83. The molecular formula is C14H22N2O2. The van der Waals surface area contributed by atoms with Gasteiger partial charge in [0.1, 0.15) is 0 Å². The van der Waals surface area contributed by atoms with Gasteiger partial charge in [0.25, 0.3) is 0 Å². The molecule has 0 aromatic carbocycles. The minimum Gasteiger partial charge on any atom is -0.373 e. The van der Waals surface area contributed by atoms with Crippen LogP contribution in [0.15, 0.2) is 0 Å². The van der Waals surface area contributed by atoms with Crippen LogP contribution in [-0.2, 0) is 9.53 Å². The largest absolute Gasteiger partial charge is 0.373 e. The van der Waals surface area contributed by atoms with Gasteiger partial charge in [0.2, 0.25) is 5.91 Å². The van der Waals surface area contributed by atoms with Crippen LogP contribution in [0.25, 0.3) is 0 Å². The first-order chi connectivity index (χ1) is 8.79. The topological polar surface area (TPSA) is 55.6 Å². The van der Waals surface area contributed by atoms with Crippen LogP contribution in [0.2, 0.25) is 0 Å². The van der Waals surface area contributed by atoms with E-state index in [1.165, 1.54) is 19.3 Å². The van der Waals surface area contributed by atoms with Crippen LogP contribution in [0.3, 0.4) is 0 Å². The molecule has 4 aliphatic rings. The summed E-state index contributed by atoms with van der Waals surface area (Å²) in [4.78, 5) is 14.6. The number of nitrogens with two attached hydrogens (primary N) is 1. The van der Waals surface area contributed by atoms with Crippen molar-refractivity contribution in [1.29, 1.82) is 0 Å². The van der Waals surface area contributed by atoms with Crippen molar-refractivity contribution in [1.82, 2.24) is 4.90 Å². The molecule has 2 N–H and O–H groups in total. The fourth-order valence-corrected chi connectivity index (χ4v) is 4.93. The number of nitrogens with zero attached hydrogens (tertiary/aromatic N) is 1. The number of hydrogen-bond donors (Lipinski definition) is 1. The minimum atomic E-state index is 0.0537. The van der Waals surface area contributed by atoms with Crippen molar-refractivity contribution in [3.63, 3.8) is 0 Å². The number of morpholine rings is 1. The lowest BCUT2D eigenvalue weighted by Crippen LogP contribution is -2.49. The average Bonchev–Trinajstić information content (AvgIpc) is 2.85. The maximum Gasteiger partial charge on any atom is 0.226 e. The van der Waals surface area contributed by atoms with Crippen LogP contribution < -0.4 is 5.73 Å². The molecule has 100 valence electrons. The maximum atomic E-state index is 12.6. The standard InChI is InChI=1S/C14H22N2O2/c15-6-10-7-16(3-4-18-10)14(17)13-11-8-1-2-9(5-8)12(11)13/h8-13H,1-7,15H2. The molecular weight excluding hydrogens is 228 g/mol. The van der Waals surface area contributed by atoms with E-state index in [-0.39, 0.29) is 6.10 Å². The number of hydrogen-bond acceptors (Lipinski definition) is 3. The van der Waals surface area contributed by atoms with Gasteiger partial charge in [-0.3, -0.25) is 4.79 Å². The normalized spacial score (nSPS) is 49.3. The Labute approximate surface area is 108 Å². The van der Waals surface area contributed by atoms with Gasteiger partial charge < -0.3 is 15.4 Å². The highest BCUT2D eigenvalue weighted by atomic mass is 16.5. The summed E-state index contributed by atoms with van der Waals surface area (Å²) in [5.74, 6) is 4.02. The van der Waals surface area contributed by atoms with Crippen molar-refractivity contribution in [2.24, 2.45) is 35.3 Å². The van der Waals surface area contributed by atoms with Crippen LogP contribution >= 0.6 is 0 Å². The minimum absolute atomic E-state index is 0.0537. The first kappa shape index (κ1) is 11.2. The SMILES string of the molecule is NCC1CN(C(=O)C2C3C4CCC(C4)C23)CCO1. The molecule has 3 saturated carbocycles. The van der Waals surface area contributed by atoms with E-state index in [1.807, 2.05) is 4.90 Å². The lowest BCUT2D eigenvalue weighted by molar-refractivity contribution is -0.140. The zero-order chi connectivity index (χ0) is 12.3. The molecule has 0 aromatic heterocycles. The number of amides is 1. The van der Waals surface area contributed by atoms with Gasteiger partial charge in [0, 0.05) is 25.6 Å². The van der Waals surface area contributed by atoms with Gasteiger partial charge in [-0.15, -0.1) is 0 Å². The smallest absolute Gasteiger partial charge is 0.226 e. The molecule has 1 heterocycles. The number of fused-ring (bicyclic) bond motifs is 5. The quantitative estimate of drug-likeness (QED) is 0.775. The van der Waals surface area contributed by atoms with Gasteiger partial charge in [-0.2, -0.15) is 0 Å². The summed E-state index contributed by atoms with van der Waals surface area (Å²) >= 11 is 0. The summed E-state index contributed by atoms with van der Waals surface area (Å²) in [5.41, 5.74) is 5.64. The van der Waals surface area contributed by atoms with Gasteiger partial charge in [-0.05, 0) is 42.9 Å². The Bertz CT molecular complexity index is 357. The zero-order valence-electron chi connectivity index (χ0n) is 10.8. The average molecular weight is 250 g/mol. The molecule has 5 unspecified atom stereocenters. The summed E-state index contributed by atoms with van der Waals surface area (Å²) in [6, 6.07) is 0. The molecule has 0 radical (unpaired) electrons. The third-order valence-corrected chi connectivity index (χ3v) is 5.73. The second kappa shape index (κ2) is 3.94. The molecule has 4 fully saturated rings. The predicted octanol–water partition coefficient (Wildman–Crippen LogP) is 0.465. The van der Waals surface area contributed by atoms with Crippen molar-refractivity contribution < 1.29 is 9.53 Å². The van der Waals surface area contributed by atoms with Crippen molar-refractivity contribution >= 4 is 5.91 Å². The van der Waals surface area contributed by atoms with Gasteiger partial charge in [0.05, 0.1) is 12.7 Å². The molecule has 3 aliphatic carbocycles. The Morgan fingerprint density at radius 1 is 1.28 bits per heavy atom. The third kappa shape index (κ3) is 1.48.